The van der Waals surface area contributed by atoms with Crippen LogP contribution in [-0.2, 0) is 17.6 Å². The molecule has 0 amide bonds. The monoisotopic (exact) mass is 447 g/mol. The number of fused-ring (bicyclic) bond motifs is 1. The molecular formula is C24H31F2N3O3. The lowest BCUT2D eigenvalue weighted by Crippen LogP contribution is -2.22. The minimum atomic E-state index is -2.95. The molecular weight excluding hydrogens is 416 g/mol. The van der Waals surface area contributed by atoms with E-state index < -0.39 is 24.2 Å². The average molecular weight is 448 g/mol. The fraction of sp³-hybridized carbons (Fsp3) is 0.542. The number of unbranched alkanes of at least 4 members (excludes halogenated alkanes) is 1. The number of pyridine rings is 2. The molecule has 1 aliphatic heterocycles. The highest BCUT2D eigenvalue weighted by molar-refractivity contribution is 5.68. The van der Waals surface area contributed by atoms with Crippen molar-refractivity contribution in [1.29, 1.82) is 0 Å². The molecule has 0 spiro atoms. The number of carboxylic acids is 1. The first kappa shape index (κ1) is 23.9. The van der Waals surface area contributed by atoms with Gasteiger partial charge < -0.3 is 15.2 Å². The van der Waals surface area contributed by atoms with Crippen LogP contribution >= 0.6 is 0 Å². The van der Waals surface area contributed by atoms with Crippen molar-refractivity contribution in [3.05, 3.63) is 47.3 Å². The zero-order valence-corrected chi connectivity index (χ0v) is 18.4. The molecule has 32 heavy (non-hydrogen) atoms. The number of carboxylic acid groups (broad SMARTS) is 1. The Labute approximate surface area is 187 Å². The van der Waals surface area contributed by atoms with Crippen molar-refractivity contribution in [3.8, 4) is 5.88 Å². The van der Waals surface area contributed by atoms with Crippen LogP contribution in [0.1, 0.15) is 68.2 Å². The summed E-state index contributed by atoms with van der Waals surface area (Å²) < 4.78 is 34.7. The van der Waals surface area contributed by atoms with Gasteiger partial charge in [-0.05, 0) is 56.2 Å². The van der Waals surface area contributed by atoms with Gasteiger partial charge in [0.2, 0.25) is 11.8 Å². The van der Waals surface area contributed by atoms with Gasteiger partial charge in [0, 0.05) is 43.3 Å². The summed E-state index contributed by atoms with van der Waals surface area (Å²) in [6.07, 6.45) is 3.99. The molecule has 0 unspecified atom stereocenters. The third-order valence-electron chi connectivity index (χ3n) is 5.67. The Morgan fingerprint density at radius 2 is 2.12 bits per heavy atom. The van der Waals surface area contributed by atoms with Crippen LogP contribution in [0.25, 0.3) is 0 Å². The van der Waals surface area contributed by atoms with Crippen molar-refractivity contribution < 1.29 is 23.4 Å². The molecule has 0 saturated carbocycles. The van der Waals surface area contributed by atoms with Crippen LogP contribution in [0.5, 0.6) is 5.88 Å². The molecule has 174 valence electrons. The summed E-state index contributed by atoms with van der Waals surface area (Å²) in [5, 5.41) is 12.5. The maximum absolute atomic E-state index is 14.7. The minimum Gasteiger partial charge on any atom is -0.481 e. The predicted octanol–water partition coefficient (Wildman–Crippen LogP) is 5.23. The molecule has 0 aromatic carbocycles. The van der Waals surface area contributed by atoms with E-state index in [1.807, 2.05) is 13.0 Å². The highest BCUT2D eigenvalue weighted by Gasteiger charge is 2.34. The number of hydrogen-bond acceptors (Lipinski definition) is 5. The van der Waals surface area contributed by atoms with Crippen molar-refractivity contribution in [3.63, 3.8) is 0 Å². The number of aryl methyl sites for hydroxylation is 2. The van der Waals surface area contributed by atoms with Gasteiger partial charge >= 0.3 is 5.97 Å². The Morgan fingerprint density at radius 1 is 1.28 bits per heavy atom. The van der Waals surface area contributed by atoms with Gasteiger partial charge in [0.05, 0.1) is 13.0 Å². The standard InChI is InChI=1S/C24H31F2N3O3/c1-2-32-21-11-9-18(16-28-21)19(14-22(30)31)15-24(25,26)12-4-3-7-20-10-8-17-6-5-13-27-23(17)29-20/h8-11,16,19H,2-7,12-15H2,1H3,(H,27,29)(H,30,31)/t19-/m0/s1. The molecule has 8 heteroatoms. The first-order valence-corrected chi connectivity index (χ1v) is 11.3. The first-order valence-electron chi connectivity index (χ1n) is 11.3. The topological polar surface area (TPSA) is 84.3 Å². The zero-order chi connectivity index (χ0) is 23.0. The molecule has 0 bridgehead atoms. The van der Waals surface area contributed by atoms with E-state index in [9.17, 15) is 18.7 Å². The number of halogens is 2. The molecule has 0 fully saturated rings. The molecule has 2 aromatic heterocycles. The van der Waals surface area contributed by atoms with Crippen LogP contribution in [-0.4, -0.2) is 40.1 Å². The number of ether oxygens (including phenoxy) is 1. The van der Waals surface area contributed by atoms with Crippen LogP contribution in [0, 0.1) is 0 Å². The summed E-state index contributed by atoms with van der Waals surface area (Å²) in [5.74, 6) is -3.56. The quantitative estimate of drug-likeness (QED) is 0.434. The van der Waals surface area contributed by atoms with Crippen LogP contribution in [0.4, 0.5) is 14.6 Å². The van der Waals surface area contributed by atoms with Crippen molar-refractivity contribution >= 4 is 11.8 Å². The number of alkyl halides is 2. The fourth-order valence-corrected chi connectivity index (χ4v) is 4.05. The van der Waals surface area contributed by atoms with Crippen molar-refractivity contribution in [2.75, 3.05) is 18.5 Å². The Bertz CT molecular complexity index is 891. The zero-order valence-electron chi connectivity index (χ0n) is 18.4. The van der Waals surface area contributed by atoms with E-state index >= 15 is 0 Å². The summed E-state index contributed by atoms with van der Waals surface area (Å²) in [6, 6.07) is 7.26. The minimum absolute atomic E-state index is 0.281. The molecule has 1 aliphatic rings. The van der Waals surface area contributed by atoms with Gasteiger partial charge in [-0.15, -0.1) is 0 Å². The van der Waals surface area contributed by atoms with E-state index in [1.165, 1.54) is 11.8 Å². The number of nitrogens with zero attached hydrogens (tertiary/aromatic N) is 2. The number of carbonyl (C=O) groups is 1. The molecule has 6 nitrogen and oxygen atoms in total. The maximum atomic E-state index is 14.7. The van der Waals surface area contributed by atoms with E-state index in [1.54, 1.807) is 12.1 Å². The van der Waals surface area contributed by atoms with Crippen molar-refractivity contribution in [1.82, 2.24) is 9.97 Å². The fourth-order valence-electron chi connectivity index (χ4n) is 4.05. The first-order chi connectivity index (χ1) is 15.4. The van der Waals surface area contributed by atoms with E-state index in [0.717, 1.165) is 30.9 Å². The Hall–Kier alpha value is -2.77. The largest absolute Gasteiger partial charge is 0.481 e. The summed E-state index contributed by atoms with van der Waals surface area (Å²) in [5.41, 5.74) is 2.60. The molecule has 0 aliphatic carbocycles. The number of aliphatic carboxylic acids is 1. The normalized spacial score (nSPS) is 14.3. The number of rotatable bonds is 12. The second-order valence-corrected chi connectivity index (χ2v) is 8.27. The predicted molar refractivity (Wildman–Crippen MR) is 119 cm³/mol. The highest BCUT2D eigenvalue weighted by atomic mass is 19.3. The molecule has 2 aromatic rings. The molecule has 1 atom stereocenters. The third-order valence-corrected chi connectivity index (χ3v) is 5.67. The van der Waals surface area contributed by atoms with Crippen LogP contribution < -0.4 is 10.1 Å². The Morgan fingerprint density at radius 3 is 2.84 bits per heavy atom. The lowest BCUT2D eigenvalue weighted by Gasteiger charge is -2.23. The van der Waals surface area contributed by atoms with E-state index in [4.69, 9.17) is 4.74 Å². The summed E-state index contributed by atoms with van der Waals surface area (Å²) in [6.45, 7) is 3.18. The van der Waals surface area contributed by atoms with Gasteiger partial charge in [-0.3, -0.25) is 4.79 Å². The van der Waals surface area contributed by atoms with Gasteiger partial charge in [-0.25, -0.2) is 18.7 Å². The Balaban J connectivity index is 1.52. The second-order valence-electron chi connectivity index (χ2n) is 8.27. The molecule has 3 rings (SSSR count). The van der Waals surface area contributed by atoms with Gasteiger partial charge in [0.25, 0.3) is 0 Å². The lowest BCUT2D eigenvalue weighted by atomic mass is 9.89. The van der Waals surface area contributed by atoms with Crippen molar-refractivity contribution in [2.45, 2.75) is 70.1 Å². The summed E-state index contributed by atoms with van der Waals surface area (Å²) in [7, 11) is 0. The van der Waals surface area contributed by atoms with Gasteiger partial charge in [-0.1, -0.05) is 12.1 Å². The number of nitrogens with one attached hydrogen (secondary N) is 1. The molecule has 0 saturated heterocycles. The molecule has 2 N–H and O–H groups in total. The van der Waals surface area contributed by atoms with Gasteiger partial charge in [0.15, 0.2) is 0 Å². The highest BCUT2D eigenvalue weighted by Crippen LogP contribution is 2.36. The second kappa shape index (κ2) is 11.2. The van der Waals surface area contributed by atoms with E-state index in [-0.39, 0.29) is 12.8 Å². The number of hydrogen-bond donors (Lipinski definition) is 2. The average Bonchev–Trinajstić information content (AvgIpc) is 2.76. The summed E-state index contributed by atoms with van der Waals surface area (Å²) in [4.78, 5) is 20.0. The Kier molecular flexibility index (Phi) is 8.36. The lowest BCUT2D eigenvalue weighted by molar-refractivity contribution is -0.138. The number of aromatic nitrogens is 2. The SMILES string of the molecule is CCOc1ccc([C@@H](CC(=O)O)CC(F)(F)CCCCc2ccc3c(n2)NCCC3)cn1. The smallest absolute Gasteiger partial charge is 0.303 e. The maximum Gasteiger partial charge on any atom is 0.303 e. The van der Waals surface area contributed by atoms with Crippen LogP contribution in [0.15, 0.2) is 30.5 Å². The molecule has 0 radical (unpaired) electrons. The van der Waals surface area contributed by atoms with Crippen molar-refractivity contribution in [2.24, 2.45) is 0 Å². The van der Waals surface area contributed by atoms with Crippen LogP contribution in [0.3, 0.4) is 0 Å². The van der Waals surface area contributed by atoms with Crippen LogP contribution in [0.2, 0.25) is 0 Å². The third kappa shape index (κ3) is 7.14. The van der Waals surface area contributed by atoms with E-state index in [2.05, 4.69) is 21.4 Å². The van der Waals surface area contributed by atoms with Gasteiger partial charge in [0.1, 0.15) is 5.82 Å². The van der Waals surface area contributed by atoms with E-state index in [0.29, 0.717) is 37.3 Å². The summed E-state index contributed by atoms with van der Waals surface area (Å²) >= 11 is 0. The molecule has 3 heterocycles. The van der Waals surface area contributed by atoms with Gasteiger partial charge in [-0.2, -0.15) is 0 Å². The number of anilines is 1.